The highest BCUT2D eigenvalue weighted by Gasteiger charge is 2.14. The quantitative estimate of drug-likeness (QED) is 0.511. The summed E-state index contributed by atoms with van der Waals surface area (Å²) in [5.74, 6) is 0. The molecule has 0 spiro atoms. The molecule has 0 saturated heterocycles. The molecule has 3 aromatic rings. The lowest BCUT2D eigenvalue weighted by Crippen LogP contribution is -2.20. The van der Waals surface area contributed by atoms with E-state index in [1.165, 1.54) is 0 Å². The first-order chi connectivity index (χ1) is 12.8. The number of nitrogens with zero attached hydrogens (tertiary/aromatic N) is 2. The van der Waals surface area contributed by atoms with E-state index in [1.54, 1.807) is 0 Å². The van der Waals surface area contributed by atoms with Crippen LogP contribution in [0.25, 0.3) is 0 Å². The van der Waals surface area contributed by atoms with Crippen molar-refractivity contribution in [2.45, 2.75) is 27.3 Å². The molecule has 0 saturated carbocycles. The van der Waals surface area contributed by atoms with Crippen molar-refractivity contribution < 1.29 is 0 Å². The van der Waals surface area contributed by atoms with Gasteiger partial charge in [0.05, 0.1) is 23.6 Å². The van der Waals surface area contributed by atoms with Gasteiger partial charge in [-0.15, -0.1) is 0 Å². The van der Waals surface area contributed by atoms with Crippen LogP contribution in [0.3, 0.4) is 0 Å². The molecule has 0 amide bonds. The molecule has 0 unspecified atom stereocenters. The monoisotopic (exact) mass is 418 g/mol. The minimum atomic E-state index is 0.498. The highest BCUT2D eigenvalue weighted by atomic mass is 35.5. The SMILES string of the molecule is Cc1nn(Cc2ccc(Cl)cc2)c(C)c1NC(=S)Nc1cccc(Cl)c1C. The molecule has 2 aromatic carbocycles. The lowest BCUT2D eigenvalue weighted by molar-refractivity contribution is 0.659. The van der Waals surface area contributed by atoms with E-state index in [0.717, 1.165) is 38.9 Å². The van der Waals surface area contributed by atoms with Gasteiger partial charge in [0.2, 0.25) is 0 Å². The van der Waals surface area contributed by atoms with Crippen molar-refractivity contribution in [2.75, 3.05) is 10.6 Å². The first kappa shape index (κ1) is 19.7. The summed E-state index contributed by atoms with van der Waals surface area (Å²) in [6, 6.07) is 13.5. The fraction of sp³-hybridized carbons (Fsp3) is 0.200. The number of anilines is 2. The maximum Gasteiger partial charge on any atom is 0.175 e. The number of aromatic nitrogens is 2. The molecule has 0 aliphatic carbocycles. The normalized spacial score (nSPS) is 10.7. The van der Waals surface area contributed by atoms with Crippen LogP contribution in [-0.4, -0.2) is 14.9 Å². The molecule has 1 aromatic heterocycles. The standard InChI is InChI=1S/C20H20Cl2N4S/c1-12-17(22)5-4-6-18(12)23-20(27)24-19-13(2)25-26(14(19)3)11-15-7-9-16(21)10-8-15/h4-10H,11H2,1-3H3,(H2,23,24,27). The molecule has 1 heterocycles. The molecule has 7 heteroatoms. The number of nitrogens with one attached hydrogen (secondary N) is 2. The molecule has 2 N–H and O–H groups in total. The Morgan fingerprint density at radius 1 is 1.04 bits per heavy atom. The molecule has 3 rings (SSSR count). The number of halogens is 2. The Bertz CT molecular complexity index is 980. The second kappa shape index (κ2) is 8.30. The third-order valence-electron chi connectivity index (χ3n) is 4.38. The molecule has 140 valence electrons. The molecule has 0 fully saturated rings. The first-order valence-corrected chi connectivity index (χ1v) is 9.63. The zero-order chi connectivity index (χ0) is 19.6. The zero-order valence-electron chi connectivity index (χ0n) is 15.3. The third kappa shape index (κ3) is 4.61. The Morgan fingerprint density at radius 3 is 2.44 bits per heavy atom. The fourth-order valence-electron chi connectivity index (χ4n) is 2.80. The summed E-state index contributed by atoms with van der Waals surface area (Å²) < 4.78 is 1.95. The topological polar surface area (TPSA) is 41.9 Å². The fourth-order valence-corrected chi connectivity index (χ4v) is 3.32. The van der Waals surface area contributed by atoms with E-state index in [0.29, 0.717) is 16.7 Å². The molecule has 27 heavy (non-hydrogen) atoms. The number of thiocarbonyl (C=S) groups is 1. The van der Waals surface area contributed by atoms with Crippen LogP contribution in [-0.2, 0) is 6.54 Å². The highest BCUT2D eigenvalue weighted by molar-refractivity contribution is 7.80. The lowest BCUT2D eigenvalue weighted by Gasteiger charge is -2.13. The largest absolute Gasteiger partial charge is 0.332 e. The minimum Gasteiger partial charge on any atom is -0.332 e. The number of hydrogen-bond donors (Lipinski definition) is 2. The second-order valence-electron chi connectivity index (χ2n) is 6.32. The Kier molecular flexibility index (Phi) is 6.05. The van der Waals surface area contributed by atoms with Gasteiger partial charge in [0.1, 0.15) is 0 Å². The number of rotatable bonds is 4. The Morgan fingerprint density at radius 2 is 1.74 bits per heavy atom. The molecule has 0 aliphatic heterocycles. The smallest absolute Gasteiger partial charge is 0.175 e. The predicted molar refractivity (Wildman–Crippen MR) is 118 cm³/mol. The summed E-state index contributed by atoms with van der Waals surface area (Å²) in [6.45, 7) is 6.60. The van der Waals surface area contributed by atoms with Crippen LogP contribution < -0.4 is 10.6 Å². The van der Waals surface area contributed by atoms with Gasteiger partial charge in [-0.05, 0) is 68.4 Å². The molecule has 0 aliphatic rings. The second-order valence-corrected chi connectivity index (χ2v) is 7.57. The Hall–Kier alpha value is -2.08. The van der Waals surface area contributed by atoms with Gasteiger partial charge in [-0.25, -0.2) is 0 Å². The number of aryl methyl sites for hydroxylation is 1. The van der Waals surface area contributed by atoms with E-state index < -0.39 is 0 Å². The van der Waals surface area contributed by atoms with Crippen molar-refractivity contribution in [2.24, 2.45) is 0 Å². The summed E-state index contributed by atoms with van der Waals surface area (Å²) in [7, 11) is 0. The van der Waals surface area contributed by atoms with Gasteiger partial charge in [-0.1, -0.05) is 41.4 Å². The van der Waals surface area contributed by atoms with Crippen LogP contribution in [0.15, 0.2) is 42.5 Å². The average Bonchev–Trinajstić information content (AvgIpc) is 2.88. The molecule has 0 radical (unpaired) electrons. The Balaban J connectivity index is 1.75. The van der Waals surface area contributed by atoms with Gasteiger partial charge in [0, 0.05) is 15.7 Å². The van der Waals surface area contributed by atoms with Crippen LogP contribution in [0.2, 0.25) is 10.0 Å². The lowest BCUT2D eigenvalue weighted by atomic mass is 10.2. The van der Waals surface area contributed by atoms with Gasteiger partial charge in [0.15, 0.2) is 5.11 Å². The predicted octanol–water partition coefficient (Wildman–Crippen LogP) is 5.97. The first-order valence-electron chi connectivity index (χ1n) is 8.46. The van der Waals surface area contributed by atoms with Crippen LogP contribution in [0.1, 0.15) is 22.5 Å². The third-order valence-corrected chi connectivity index (χ3v) is 5.25. The van der Waals surface area contributed by atoms with Crippen molar-refractivity contribution in [1.29, 1.82) is 0 Å². The van der Waals surface area contributed by atoms with Crippen molar-refractivity contribution in [3.63, 3.8) is 0 Å². The molecular weight excluding hydrogens is 399 g/mol. The maximum atomic E-state index is 6.17. The van der Waals surface area contributed by atoms with Crippen LogP contribution in [0.5, 0.6) is 0 Å². The number of benzene rings is 2. The van der Waals surface area contributed by atoms with Crippen molar-refractivity contribution in [3.8, 4) is 0 Å². The van der Waals surface area contributed by atoms with E-state index in [9.17, 15) is 0 Å². The van der Waals surface area contributed by atoms with Crippen LogP contribution in [0.4, 0.5) is 11.4 Å². The average molecular weight is 419 g/mol. The van der Waals surface area contributed by atoms with Gasteiger partial charge in [0.25, 0.3) is 0 Å². The molecule has 0 bridgehead atoms. The van der Waals surface area contributed by atoms with Crippen molar-refractivity contribution >= 4 is 51.9 Å². The van der Waals surface area contributed by atoms with Gasteiger partial charge in [-0.3, -0.25) is 4.68 Å². The number of hydrogen-bond acceptors (Lipinski definition) is 2. The van der Waals surface area contributed by atoms with E-state index in [-0.39, 0.29) is 0 Å². The van der Waals surface area contributed by atoms with E-state index in [4.69, 9.17) is 35.4 Å². The molecule has 4 nitrogen and oxygen atoms in total. The summed E-state index contributed by atoms with van der Waals surface area (Å²) in [6.07, 6.45) is 0. The Labute approximate surface area is 174 Å². The van der Waals surface area contributed by atoms with E-state index in [1.807, 2.05) is 67.9 Å². The van der Waals surface area contributed by atoms with Crippen molar-refractivity contribution in [3.05, 3.63) is 75.0 Å². The van der Waals surface area contributed by atoms with Gasteiger partial charge in [-0.2, -0.15) is 5.10 Å². The van der Waals surface area contributed by atoms with Crippen LogP contribution >= 0.6 is 35.4 Å². The van der Waals surface area contributed by atoms with E-state index in [2.05, 4.69) is 15.7 Å². The van der Waals surface area contributed by atoms with E-state index >= 15 is 0 Å². The molecular formula is C20H20Cl2N4S. The highest BCUT2D eigenvalue weighted by Crippen LogP contribution is 2.24. The summed E-state index contributed by atoms with van der Waals surface area (Å²) in [5.41, 5.74) is 5.76. The summed E-state index contributed by atoms with van der Waals surface area (Å²) in [5, 5.41) is 13.0. The van der Waals surface area contributed by atoms with Gasteiger partial charge < -0.3 is 10.6 Å². The summed E-state index contributed by atoms with van der Waals surface area (Å²) in [4.78, 5) is 0. The molecule has 0 atom stereocenters. The summed E-state index contributed by atoms with van der Waals surface area (Å²) >= 11 is 17.6. The van der Waals surface area contributed by atoms with Gasteiger partial charge >= 0.3 is 0 Å². The zero-order valence-corrected chi connectivity index (χ0v) is 17.6. The van der Waals surface area contributed by atoms with Crippen LogP contribution in [0, 0.1) is 20.8 Å². The van der Waals surface area contributed by atoms with Crippen molar-refractivity contribution in [1.82, 2.24) is 9.78 Å². The maximum absolute atomic E-state index is 6.17. The minimum absolute atomic E-state index is 0.498.